The molecule has 0 radical (unpaired) electrons. The molecule has 0 amide bonds. The fourth-order valence-electron chi connectivity index (χ4n) is 0.0933. The number of halogens is 4. The number of hydrogen-bond acceptors (Lipinski definition) is 1. The molecule has 10 heavy (non-hydrogen) atoms. The molecule has 0 bridgehead atoms. The summed E-state index contributed by atoms with van der Waals surface area (Å²) in [7, 11) is 0. The van der Waals surface area contributed by atoms with Crippen LogP contribution in [-0.4, -0.2) is 23.4 Å². The first-order chi connectivity index (χ1) is 3.89. The fraction of sp³-hybridized carbons (Fsp3) is 0.667. The minimum Gasteiger partial charge on any atom is -1.00 e. The maximum absolute atomic E-state index is 11.3. The van der Waals surface area contributed by atoms with E-state index in [1.54, 1.807) is 0 Å². The van der Waals surface area contributed by atoms with Crippen LogP contribution in [-0.2, 0) is 4.79 Å². The summed E-state index contributed by atoms with van der Waals surface area (Å²) in [5.41, 5.74) is 0. The largest absolute Gasteiger partial charge is 1.00 e. The van der Waals surface area contributed by atoms with Gasteiger partial charge in [0.05, 0.1) is 0 Å². The second-order valence-electron chi connectivity index (χ2n) is 1.23. The van der Waals surface area contributed by atoms with Crippen molar-refractivity contribution < 1.29 is 58.4 Å². The van der Waals surface area contributed by atoms with Crippen LogP contribution in [0.25, 0.3) is 0 Å². The number of carboxylic acids is 1. The van der Waals surface area contributed by atoms with Crippen LogP contribution in [0.1, 0.15) is 1.43 Å². The van der Waals surface area contributed by atoms with E-state index in [0.29, 0.717) is 0 Å². The molecule has 0 heterocycles. The van der Waals surface area contributed by atoms with Gasteiger partial charge in [-0.25, -0.2) is 13.6 Å². The van der Waals surface area contributed by atoms with Gasteiger partial charge in [0.1, 0.15) is 0 Å². The maximum Gasteiger partial charge on any atom is 1.00 e. The van der Waals surface area contributed by atoms with Crippen LogP contribution in [0.2, 0.25) is 0 Å². The molecule has 0 aliphatic heterocycles. The van der Waals surface area contributed by atoms with E-state index < -0.39 is 18.3 Å². The van der Waals surface area contributed by atoms with Crippen LogP contribution in [0.3, 0.4) is 0 Å². The molecule has 0 rings (SSSR count). The van der Waals surface area contributed by atoms with Crippen molar-refractivity contribution in [2.75, 3.05) is 0 Å². The zero-order chi connectivity index (χ0) is 7.65. The quantitative estimate of drug-likeness (QED) is 0.387. The van der Waals surface area contributed by atoms with Gasteiger partial charge in [-0.1, -0.05) is 0 Å². The van der Waals surface area contributed by atoms with Gasteiger partial charge in [-0.15, -0.1) is 0 Å². The Morgan fingerprint density at radius 2 is 1.80 bits per heavy atom. The molecule has 56 valence electrons. The van der Waals surface area contributed by atoms with E-state index >= 15 is 0 Å². The molecule has 0 saturated carbocycles. The van der Waals surface area contributed by atoms with Gasteiger partial charge in [-0.2, -0.15) is 8.78 Å². The number of hydrogen-bond donors (Lipinski definition) is 1. The van der Waals surface area contributed by atoms with Crippen LogP contribution < -0.4 is 29.6 Å². The average molecular weight is 170 g/mol. The Morgan fingerprint density at radius 3 is 1.80 bits per heavy atom. The fourth-order valence-corrected chi connectivity index (χ4v) is 0.0933. The first-order valence-corrected chi connectivity index (χ1v) is 1.78. The van der Waals surface area contributed by atoms with Crippen molar-refractivity contribution in [3.63, 3.8) is 0 Å². The average Bonchev–Trinajstić information content (AvgIpc) is 1.65. The Labute approximate surface area is 77.0 Å². The summed E-state index contributed by atoms with van der Waals surface area (Å²) < 4.78 is 44.5. The first kappa shape index (κ1) is 12.8. The number of carboxylic acid groups (broad SMARTS) is 1. The van der Waals surface area contributed by atoms with Crippen LogP contribution in [0.5, 0.6) is 0 Å². The van der Waals surface area contributed by atoms with Crippen molar-refractivity contribution in [2.45, 2.75) is 12.3 Å². The summed E-state index contributed by atoms with van der Waals surface area (Å²) in [4.78, 5) is 9.23. The van der Waals surface area contributed by atoms with Crippen molar-refractivity contribution in [1.82, 2.24) is 0 Å². The normalized spacial score (nSPS) is 10.9. The summed E-state index contributed by atoms with van der Waals surface area (Å²) in [5, 5.41) is 7.38. The maximum atomic E-state index is 11.3. The Bertz CT molecular complexity index is 131. The van der Waals surface area contributed by atoms with Gasteiger partial charge in [0.25, 0.3) is 0 Å². The molecule has 2 nitrogen and oxygen atoms in total. The Hall–Kier alpha value is 0.190. The van der Waals surface area contributed by atoms with Crippen LogP contribution >= 0.6 is 0 Å². The van der Waals surface area contributed by atoms with Gasteiger partial charge in [-0.3, -0.25) is 0 Å². The summed E-state index contributed by atoms with van der Waals surface area (Å²) in [6.07, 6.45) is -4.14. The smallest absolute Gasteiger partial charge is 1.00 e. The number of carbonyl (C=O) groups is 1. The monoisotopic (exact) mass is 170 g/mol. The standard InChI is InChI=1S/C3H2F4O2.Na.H/c4-1(5)3(6,7)2(8)9;;/h1H,(H,8,9);;/q;+1;-1. The van der Waals surface area contributed by atoms with E-state index in [4.69, 9.17) is 5.11 Å². The minimum absolute atomic E-state index is 0. The molecule has 0 unspecified atom stereocenters. The Kier molecular flexibility index (Phi) is 5.32. The van der Waals surface area contributed by atoms with E-state index in [1.165, 1.54) is 0 Å². The molecule has 0 aromatic rings. The van der Waals surface area contributed by atoms with Gasteiger partial charge >= 0.3 is 47.9 Å². The summed E-state index contributed by atoms with van der Waals surface area (Å²) >= 11 is 0. The zero-order valence-electron chi connectivity index (χ0n) is 5.94. The zero-order valence-corrected chi connectivity index (χ0v) is 6.94. The van der Waals surface area contributed by atoms with Gasteiger partial charge in [0, 0.05) is 0 Å². The molecule has 1 N–H and O–H groups in total. The molecule has 0 aliphatic rings. The van der Waals surface area contributed by atoms with Crippen molar-refractivity contribution in [1.29, 1.82) is 0 Å². The van der Waals surface area contributed by atoms with E-state index in [-0.39, 0.29) is 31.0 Å². The first-order valence-electron chi connectivity index (χ1n) is 1.78. The van der Waals surface area contributed by atoms with Crippen molar-refractivity contribution >= 4 is 5.97 Å². The van der Waals surface area contributed by atoms with E-state index in [0.717, 1.165) is 0 Å². The second-order valence-corrected chi connectivity index (χ2v) is 1.23. The van der Waals surface area contributed by atoms with Gasteiger partial charge in [-0.05, 0) is 0 Å². The number of aliphatic carboxylic acids is 1. The molecular weight excluding hydrogens is 167 g/mol. The van der Waals surface area contributed by atoms with Gasteiger partial charge in [0.2, 0.25) is 0 Å². The predicted octanol–water partition coefficient (Wildman–Crippen LogP) is -1.91. The van der Waals surface area contributed by atoms with E-state index in [9.17, 15) is 22.4 Å². The molecule has 0 saturated heterocycles. The molecule has 0 aliphatic carbocycles. The van der Waals surface area contributed by atoms with Gasteiger partial charge in [0.15, 0.2) is 0 Å². The van der Waals surface area contributed by atoms with Crippen LogP contribution in [0.4, 0.5) is 17.6 Å². The SMILES string of the molecule is O=C(O)C(F)(F)C(F)F.[H-].[Na+]. The predicted molar refractivity (Wildman–Crippen MR) is 19.7 cm³/mol. The second kappa shape index (κ2) is 4.15. The molecule has 0 fully saturated rings. The van der Waals surface area contributed by atoms with Crippen LogP contribution in [0.15, 0.2) is 0 Å². The van der Waals surface area contributed by atoms with Crippen LogP contribution in [0, 0.1) is 0 Å². The summed E-state index contributed by atoms with van der Waals surface area (Å²) in [6, 6.07) is 0. The topological polar surface area (TPSA) is 37.3 Å². The van der Waals surface area contributed by atoms with Crippen molar-refractivity contribution in [3.05, 3.63) is 0 Å². The van der Waals surface area contributed by atoms with Crippen molar-refractivity contribution in [3.8, 4) is 0 Å². The van der Waals surface area contributed by atoms with Crippen molar-refractivity contribution in [2.24, 2.45) is 0 Å². The third-order valence-electron chi connectivity index (χ3n) is 0.559. The minimum atomic E-state index is -4.92. The molecule has 0 spiro atoms. The Balaban J connectivity index is -0.000000320. The third-order valence-corrected chi connectivity index (χ3v) is 0.559. The summed E-state index contributed by atoms with van der Waals surface area (Å²) in [6.45, 7) is 0. The molecular formula is C3H3F4NaO2. The molecule has 7 heteroatoms. The Morgan fingerprint density at radius 1 is 1.50 bits per heavy atom. The molecule has 0 aromatic heterocycles. The number of alkyl halides is 4. The molecule has 0 aromatic carbocycles. The van der Waals surface area contributed by atoms with E-state index in [2.05, 4.69) is 0 Å². The summed E-state index contributed by atoms with van der Waals surface area (Å²) in [5.74, 6) is -7.72. The molecule has 0 atom stereocenters. The third kappa shape index (κ3) is 2.85. The number of rotatable bonds is 2. The van der Waals surface area contributed by atoms with E-state index in [1.807, 2.05) is 0 Å². The van der Waals surface area contributed by atoms with Gasteiger partial charge < -0.3 is 6.53 Å².